The van der Waals surface area contributed by atoms with Crippen LogP contribution >= 0.6 is 0 Å². The fourth-order valence-electron chi connectivity index (χ4n) is 6.72. The molecule has 2 aromatic rings. The van der Waals surface area contributed by atoms with Crippen molar-refractivity contribution in [3.63, 3.8) is 0 Å². The second kappa shape index (κ2) is 9.18. The Morgan fingerprint density at radius 1 is 0.853 bits per heavy atom. The van der Waals surface area contributed by atoms with Crippen LogP contribution in [0.3, 0.4) is 0 Å². The molecule has 0 radical (unpaired) electrons. The molecule has 5 nitrogen and oxygen atoms in total. The van der Waals surface area contributed by atoms with Crippen molar-refractivity contribution in [3.8, 4) is 0 Å². The summed E-state index contributed by atoms with van der Waals surface area (Å²) in [7, 11) is 0. The summed E-state index contributed by atoms with van der Waals surface area (Å²) in [6.45, 7) is 6.12. The molecule has 5 rings (SSSR count). The number of nitrogens with zero attached hydrogens (tertiary/aromatic N) is 1. The van der Waals surface area contributed by atoms with E-state index < -0.39 is 17.5 Å². The van der Waals surface area contributed by atoms with Crippen molar-refractivity contribution in [2.45, 2.75) is 76.2 Å². The van der Waals surface area contributed by atoms with Crippen LogP contribution in [0.1, 0.15) is 63.5 Å². The summed E-state index contributed by atoms with van der Waals surface area (Å²) in [5, 5.41) is 0. The highest BCUT2D eigenvalue weighted by atomic mass is 16.6. The number of esters is 2. The summed E-state index contributed by atoms with van der Waals surface area (Å²) in [6, 6.07) is 19.8. The summed E-state index contributed by atoms with van der Waals surface area (Å²) in [5.74, 6) is -1.28. The number of ether oxygens (including phenoxy) is 2. The molecule has 0 aromatic heterocycles. The molecular weight excluding hydrogens is 426 g/mol. The lowest BCUT2D eigenvalue weighted by atomic mass is 9.85. The first-order chi connectivity index (χ1) is 16.5. The molecule has 3 aliphatic heterocycles. The van der Waals surface area contributed by atoms with Gasteiger partial charge in [-0.25, -0.2) is 4.79 Å². The Hall–Kier alpha value is -2.66. The van der Waals surface area contributed by atoms with Gasteiger partial charge >= 0.3 is 11.9 Å². The van der Waals surface area contributed by atoms with Gasteiger partial charge in [-0.15, -0.1) is 0 Å². The molecule has 3 aliphatic rings. The Labute approximate surface area is 202 Å². The molecule has 3 heterocycles. The SMILES string of the molecule is CC(C)C(=O)OC(C(=O)OC1CC2CCC(C1)[N+]21CCCC1)(c1ccccc1)c1ccccc1. The number of rotatable bonds is 6. The lowest BCUT2D eigenvalue weighted by Crippen LogP contribution is -2.60. The van der Waals surface area contributed by atoms with E-state index in [1.807, 2.05) is 60.7 Å². The maximum Gasteiger partial charge on any atom is 0.360 e. The van der Waals surface area contributed by atoms with E-state index in [1.54, 1.807) is 13.8 Å². The summed E-state index contributed by atoms with van der Waals surface area (Å²) < 4.78 is 13.7. The van der Waals surface area contributed by atoms with Gasteiger partial charge in [0.05, 0.1) is 31.1 Å². The average molecular weight is 463 g/mol. The minimum absolute atomic E-state index is 0.140. The van der Waals surface area contributed by atoms with Crippen LogP contribution < -0.4 is 0 Å². The largest absolute Gasteiger partial charge is 0.458 e. The number of hydrogen-bond donors (Lipinski definition) is 0. The van der Waals surface area contributed by atoms with Crippen LogP contribution in [0, 0.1) is 5.92 Å². The van der Waals surface area contributed by atoms with E-state index in [-0.39, 0.29) is 12.0 Å². The Morgan fingerprint density at radius 2 is 1.35 bits per heavy atom. The zero-order chi connectivity index (χ0) is 23.8. The summed E-state index contributed by atoms with van der Waals surface area (Å²) in [6.07, 6.45) is 6.74. The smallest absolute Gasteiger partial charge is 0.360 e. The van der Waals surface area contributed by atoms with Crippen LogP contribution in [0.2, 0.25) is 0 Å². The topological polar surface area (TPSA) is 52.6 Å². The fraction of sp³-hybridized carbons (Fsp3) is 0.517. The number of carbonyl (C=O) groups is 2. The van der Waals surface area contributed by atoms with E-state index in [0.29, 0.717) is 23.2 Å². The predicted molar refractivity (Wildman–Crippen MR) is 130 cm³/mol. The number of hydrogen-bond acceptors (Lipinski definition) is 4. The van der Waals surface area contributed by atoms with E-state index in [0.717, 1.165) is 12.8 Å². The summed E-state index contributed by atoms with van der Waals surface area (Å²) in [5.41, 5.74) is -0.399. The molecule has 0 amide bonds. The number of quaternary nitrogens is 1. The highest BCUT2D eigenvalue weighted by Gasteiger charge is 2.57. The van der Waals surface area contributed by atoms with Crippen LogP contribution in [-0.2, 0) is 24.7 Å². The van der Waals surface area contributed by atoms with Crippen molar-refractivity contribution in [1.29, 1.82) is 0 Å². The third kappa shape index (κ3) is 3.84. The average Bonchev–Trinajstić information content (AvgIpc) is 3.40. The quantitative estimate of drug-likeness (QED) is 0.449. The van der Waals surface area contributed by atoms with Crippen LogP contribution in [0.5, 0.6) is 0 Å². The van der Waals surface area contributed by atoms with E-state index in [9.17, 15) is 9.59 Å². The van der Waals surface area contributed by atoms with E-state index in [4.69, 9.17) is 9.47 Å². The first-order valence-corrected chi connectivity index (χ1v) is 12.9. The van der Waals surface area contributed by atoms with Gasteiger partial charge in [0.1, 0.15) is 6.10 Å². The number of piperidine rings is 1. The standard InChI is InChI=1S/C29H36NO4/c1-21(2)27(31)34-29(22-11-5-3-6-12-22,23-13-7-4-8-14-23)28(32)33-26-19-24-15-16-25(20-26)30(24)17-9-10-18-30/h3-8,11-14,21,24-26H,9-10,15-20H2,1-2H3/q+1. The number of carbonyl (C=O) groups excluding carboxylic acids is 2. The van der Waals surface area contributed by atoms with Gasteiger partial charge in [-0.2, -0.15) is 0 Å². The van der Waals surface area contributed by atoms with Gasteiger partial charge in [-0.3, -0.25) is 4.79 Å². The van der Waals surface area contributed by atoms with Gasteiger partial charge in [-0.05, 0) is 0 Å². The molecule has 34 heavy (non-hydrogen) atoms. The fourth-order valence-corrected chi connectivity index (χ4v) is 6.72. The van der Waals surface area contributed by atoms with Crippen molar-refractivity contribution < 1.29 is 23.5 Å². The van der Waals surface area contributed by atoms with Crippen LogP contribution in [-0.4, -0.2) is 47.7 Å². The maximum atomic E-state index is 14.1. The molecule has 0 N–H and O–H groups in total. The van der Waals surface area contributed by atoms with Crippen molar-refractivity contribution in [2.75, 3.05) is 13.1 Å². The molecule has 2 bridgehead atoms. The van der Waals surface area contributed by atoms with Gasteiger partial charge in [0, 0.05) is 49.7 Å². The molecule has 3 saturated heterocycles. The minimum atomic E-state index is -1.62. The zero-order valence-corrected chi connectivity index (χ0v) is 20.3. The van der Waals surface area contributed by atoms with E-state index in [1.165, 1.54) is 43.3 Å². The molecule has 2 unspecified atom stereocenters. The molecular formula is C29H36NO4+. The molecule has 3 fully saturated rings. The van der Waals surface area contributed by atoms with E-state index in [2.05, 4.69) is 0 Å². The van der Waals surface area contributed by atoms with Crippen molar-refractivity contribution in [2.24, 2.45) is 5.92 Å². The lowest BCUT2D eigenvalue weighted by molar-refractivity contribution is -0.956. The molecule has 1 spiro atoms. The second-order valence-corrected chi connectivity index (χ2v) is 10.6. The second-order valence-electron chi connectivity index (χ2n) is 10.6. The highest BCUT2D eigenvalue weighted by molar-refractivity contribution is 5.89. The Kier molecular flexibility index (Phi) is 6.24. The predicted octanol–water partition coefficient (Wildman–Crippen LogP) is 4.98. The molecule has 2 atom stereocenters. The third-order valence-corrected chi connectivity index (χ3v) is 8.40. The number of benzene rings is 2. The normalized spacial score (nSPS) is 25.4. The Morgan fingerprint density at radius 3 is 1.82 bits per heavy atom. The van der Waals surface area contributed by atoms with Crippen LogP contribution in [0.25, 0.3) is 0 Å². The van der Waals surface area contributed by atoms with Gasteiger partial charge in [0.15, 0.2) is 0 Å². The Balaban J connectivity index is 1.49. The summed E-state index contributed by atoms with van der Waals surface area (Å²) >= 11 is 0. The van der Waals surface area contributed by atoms with Crippen LogP contribution in [0.4, 0.5) is 0 Å². The third-order valence-electron chi connectivity index (χ3n) is 8.40. The molecule has 0 saturated carbocycles. The van der Waals surface area contributed by atoms with Gasteiger partial charge in [-0.1, -0.05) is 74.5 Å². The molecule has 5 heteroatoms. The van der Waals surface area contributed by atoms with Crippen molar-refractivity contribution in [3.05, 3.63) is 71.8 Å². The van der Waals surface area contributed by atoms with Crippen LogP contribution in [0.15, 0.2) is 60.7 Å². The molecule has 180 valence electrons. The molecule has 0 aliphatic carbocycles. The minimum Gasteiger partial charge on any atom is -0.458 e. The highest BCUT2D eigenvalue weighted by Crippen LogP contribution is 2.47. The van der Waals surface area contributed by atoms with Gasteiger partial charge in [0.2, 0.25) is 0 Å². The molecule has 2 aromatic carbocycles. The maximum absolute atomic E-state index is 14.1. The first kappa shape index (κ1) is 23.1. The monoisotopic (exact) mass is 462 g/mol. The lowest BCUT2D eigenvalue weighted by Gasteiger charge is -2.47. The summed E-state index contributed by atoms with van der Waals surface area (Å²) in [4.78, 5) is 27.1. The van der Waals surface area contributed by atoms with Crippen molar-refractivity contribution >= 4 is 11.9 Å². The Bertz CT molecular complexity index is 957. The van der Waals surface area contributed by atoms with E-state index >= 15 is 0 Å². The van der Waals surface area contributed by atoms with Gasteiger partial charge < -0.3 is 14.0 Å². The first-order valence-electron chi connectivity index (χ1n) is 12.9. The van der Waals surface area contributed by atoms with Crippen molar-refractivity contribution in [1.82, 2.24) is 0 Å². The van der Waals surface area contributed by atoms with Gasteiger partial charge in [0.25, 0.3) is 5.60 Å². The zero-order valence-electron chi connectivity index (χ0n) is 20.3.